The molecule has 0 saturated carbocycles. The van der Waals surface area contributed by atoms with Gasteiger partial charge < -0.3 is 9.84 Å². The van der Waals surface area contributed by atoms with Crippen molar-refractivity contribution in [1.29, 1.82) is 0 Å². The number of fused-ring (bicyclic) bond motifs is 1. The van der Waals surface area contributed by atoms with Gasteiger partial charge in [-0.2, -0.15) is 0 Å². The minimum Gasteiger partial charge on any atom is -0.478 e. The SMILES string of the molecule is O=C(O)c1ccncc1Oc1ccc2nnnn2n1. The fourth-order valence-electron chi connectivity index (χ4n) is 1.44. The lowest BCUT2D eigenvalue weighted by Gasteiger charge is -2.06. The van der Waals surface area contributed by atoms with Crippen molar-refractivity contribution in [1.82, 2.24) is 30.2 Å². The van der Waals surface area contributed by atoms with Crippen LogP contribution >= 0.6 is 0 Å². The quantitative estimate of drug-likeness (QED) is 0.717. The molecule has 0 fully saturated rings. The van der Waals surface area contributed by atoms with Crippen molar-refractivity contribution in [3.63, 3.8) is 0 Å². The first kappa shape index (κ1) is 11.0. The number of tetrazole rings is 1. The summed E-state index contributed by atoms with van der Waals surface area (Å²) in [7, 11) is 0. The van der Waals surface area contributed by atoms with E-state index in [2.05, 4.69) is 25.6 Å². The highest BCUT2D eigenvalue weighted by Crippen LogP contribution is 2.22. The van der Waals surface area contributed by atoms with E-state index < -0.39 is 5.97 Å². The summed E-state index contributed by atoms with van der Waals surface area (Å²) in [4.78, 5) is 14.8. The highest BCUT2D eigenvalue weighted by atomic mass is 16.5. The fraction of sp³-hybridized carbons (Fsp3) is 0. The van der Waals surface area contributed by atoms with E-state index in [0.717, 1.165) is 0 Å². The molecule has 0 aliphatic heterocycles. The van der Waals surface area contributed by atoms with Crippen LogP contribution in [0.1, 0.15) is 10.4 Å². The number of pyridine rings is 1. The van der Waals surface area contributed by atoms with E-state index in [0.29, 0.717) is 5.65 Å². The molecule has 0 bridgehead atoms. The molecule has 0 amide bonds. The van der Waals surface area contributed by atoms with E-state index in [1.165, 1.54) is 29.2 Å². The van der Waals surface area contributed by atoms with E-state index in [-0.39, 0.29) is 17.2 Å². The Kier molecular flexibility index (Phi) is 2.49. The molecule has 0 aliphatic carbocycles. The number of hydrogen-bond donors (Lipinski definition) is 1. The molecule has 94 valence electrons. The maximum atomic E-state index is 11.0. The van der Waals surface area contributed by atoms with Crippen LogP contribution in [-0.2, 0) is 0 Å². The second-order valence-corrected chi connectivity index (χ2v) is 3.48. The minimum absolute atomic E-state index is 0.00591. The number of aromatic nitrogens is 6. The van der Waals surface area contributed by atoms with E-state index in [1.54, 1.807) is 6.07 Å². The molecule has 0 saturated heterocycles. The van der Waals surface area contributed by atoms with Gasteiger partial charge in [0, 0.05) is 12.3 Å². The Morgan fingerprint density at radius 2 is 2.21 bits per heavy atom. The van der Waals surface area contributed by atoms with Gasteiger partial charge in [-0.05, 0) is 22.6 Å². The zero-order valence-electron chi connectivity index (χ0n) is 9.33. The van der Waals surface area contributed by atoms with Gasteiger partial charge >= 0.3 is 5.97 Å². The molecule has 0 spiro atoms. The van der Waals surface area contributed by atoms with Crippen molar-refractivity contribution in [2.75, 3.05) is 0 Å². The maximum absolute atomic E-state index is 11.0. The first-order valence-corrected chi connectivity index (χ1v) is 5.14. The van der Waals surface area contributed by atoms with E-state index >= 15 is 0 Å². The first-order valence-electron chi connectivity index (χ1n) is 5.14. The van der Waals surface area contributed by atoms with E-state index in [4.69, 9.17) is 9.84 Å². The summed E-state index contributed by atoms with van der Waals surface area (Å²) in [5, 5.41) is 23.7. The second-order valence-electron chi connectivity index (χ2n) is 3.48. The number of carbonyl (C=O) groups is 1. The average molecular weight is 258 g/mol. The van der Waals surface area contributed by atoms with Gasteiger partial charge in [0.1, 0.15) is 5.56 Å². The number of hydrogen-bond acceptors (Lipinski definition) is 7. The standard InChI is InChI=1S/C10H6N6O3/c17-10(18)6-3-4-11-5-7(6)19-9-2-1-8-12-14-15-16(8)13-9/h1-5H,(H,17,18). The second kappa shape index (κ2) is 4.29. The first-order chi connectivity index (χ1) is 9.24. The Balaban J connectivity index is 1.98. The van der Waals surface area contributed by atoms with Crippen LogP contribution in [0.4, 0.5) is 0 Å². The average Bonchev–Trinajstić information content (AvgIpc) is 2.86. The van der Waals surface area contributed by atoms with Gasteiger partial charge in [-0.25, -0.2) is 4.79 Å². The number of carboxylic acids is 1. The number of ether oxygens (including phenoxy) is 1. The summed E-state index contributed by atoms with van der Waals surface area (Å²) < 4.78 is 6.55. The summed E-state index contributed by atoms with van der Waals surface area (Å²) in [6.07, 6.45) is 2.67. The third kappa shape index (κ3) is 2.04. The highest BCUT2D eigenvalue weighted by molar-refractivity contribution is 5.90. The minimum atomic E-state index is -1.11. The van der Waals surface area contributed by atoms with Crippen LogP contribution < -0.4 is 4.74 Å². The number of carboxylic acid groups (broad SMARTS) is 1. The zero-order valence-corrected chi connectivity index (χ0v) is 9.33. The van der Waals surface area contributed by atoms with Crippen LogP contribution in [0, 0.1) is 0 Å². The smallest absolute Gasteiger partial charge is 0.339 e. The molecule has 0 radical (unpaired) electrons. The Morgan fingerprint density at radius 1 is 1.32 bits per heavy atom. The Morgan fingerprint density at radius 3 is 3.05 bits per heavy atom. The van der Waals surface area contributed by atoms with Crippen molar-refractivity contribution in [3.8, 4) is 11.6 Å². The van der Waals surface area contributed by atoms with Gasteiger partial charge in [0.05, 0.1) is 6.20 Å². The monoisotopic (exact) mass is 258 g/mol. The van der Waals surface area contributed by atoms with Crippen molar-refractivity contribution in [3.05, 3.63) is 36.2 Å². The van der Waals surface area contributed by atoms with Gasteiger partial charge in [-0.1, -0.05) is 0 Å². The summed E-state index contributed by atoms with van der Waals surface area (Å²) >= 11 is 0. The molecular formula is C10H6N6O3. The molecule has 3 heterocycles. The molecule has 3 rings (SSSR count). The molecule has 19 heavy (non-hydrogen) atoms. The number of rotatable bonds is 3. The molecule has 0 atom stereocenters. The summed E-state index contributed by atoms with van der Waals surface area (Å²) in [6.45, 7) is 0. The lowest BCUT2D eigenvalue weighted by Crippen LogP contribution is -2.02. The molecule has 9 heteroatoms. The van der Waals surface area contributed by atoms with Crippen LogP contribution in [0.2, 0.25) is 0 Å². The van der Waals surface area contributed by atoms with Crippen molar-refractivity contribution >= 4 is 11.6 Å². The Labute approximate surface area is 105 Å². The summed E-state index contributed by atoms with van der Waals surface area (Å²) in [6, 6.07) is 4.47. The zero-order chi connectivity index (χ0) is 13.2. The maximum Gasteiger partial charge on any atom is 0.339 e. The van der Waals surface area contributed by atoms with Crippen LogP contribution in [0.3, 0.4) is 0 Å². The van der Waals surface area contributed by atoms with E-state index in [1.807, 2.05) is 0 Å². The molecule has 3 aromatic rings. The van der Waals surface area contributed by atoms with Crippen LogP contribution in [0.15, 0.2) is 30.6 Å². The van der Waals surface area contributed by atoms with Gasteiger partial charge in [-0.3, -0.25) is 4.98 Å². The highest BCUT2D eigenvalue weighted by Gasteiger charge is 2.12. The van der Waals surface area contributed by atoms with Crippen molar-refractivity contribution < 1.29 is 14.6 Å². The molecule has 3 aromatic heterocycles. The molecule has 0 unspecified atom stereocenters. The molecule has 0 aromatic carbocycles. The fourth-order valence-corrected chi connectivity index (χ4v) is 1.44. The third-order valence-electron chi connectivity index (χ3n) is 2.27. The summed E-state index contributed by atoms with van der Waals surface area (Å²) in [5.41, 5.74) is 0.450. The number of aromatic carboxylic acids is 1. The van der Waals surface area contributed by atoms with Crippen molar-refractivity contribution in [2.24, 2.45) is 0 Å². The largest absolute Gasteiger partial charge is 0.478 e. The third-order valence-corrected chi connectivity index (χ3v) is 2.27. The topological polar surface area (TPSA) is 115 Å². The van der Waals surface area contributed by atoms with Gasteiger partial charge in [-0.15, -0.1) is 14.8 Å². The normalized spacial score (nSPS) is 10.5. The Bertz CT molecular complexity index is 756. The van der Waals surface area contributed by atoms with Crippen LogP contribution in [-0.4, -0.2) is 41.3 Å². The van der Waals surface area contributed by atoms with Crippen LogP contribution in [0.25, 0.3) is 5.65 Å². The number of nitrogens with zero attached hydrogens (tertiary/aromatic N) is 6. The van der Waals surface area contributed by atoms with Crippen LogP contribution in [0.5, 0.6) is 11.6 Å². The lowest BCUT2D eigenvalue weighted by atomic mass is 10.2. The van der Waals surface area contributed by atoms with Gasteiger partial charge in [0.2, 0.25) is 5.88 Å². The Hall–Kier alpha value is -3.10. The predicted octanol–water partition coefficient (Wildman–Crippen LogP) is 0.405. The molecule has 0 aliphatic rings. The van der Waals surface area contributed by atoms with Gasteiger partial charge in [0.15, 0.2) is 11.4 Å². The molecule has 1 N–H and O–H groups in total. The molecule has 9 nitrogen and oxygen atoms in total. The van der Waals surface area contributed by atoms with E-state index in [9.17, 15) is 4.79 Å². The predicted molar refractivity (Wildman–Crippen MR) is 59.8 cm³/mol. The lowest BCUT2D eigenvalue weighted by molar-refractivity contribution is 0.0694. The summed E-state index contributed by atoms with van der Waals surface area (Å²) in [5.74, 6) is -0.855. The molecular weight excluding hydrogens is 252 g/mol. The van der Waals surface area contributed by atoms with Gasteiger partial charge in [0.25, 0.3) is 0 Å². The van der Waals surface area contributed by atoms with Crippen molar-refractivity contribution in [2.45, 2.75) is 0 Å².